The van der Waals surface area contributed by atoms with Crippen molar-refractivity contribution in [3.05, 3.63) is 53.6 Å². The maximum Gasteiger partial charge on any atom is 0.123 e. The molecular formula is C16H23FN4. The molecular weight excluding hydrogens is 267 g/mol. The van der Waals surface area contributed by atoms with Crippen molar-refractivity contribution in [2.75, 3.05) is 7.05 Å². The number of rotatable bonds is 6. The number of nitrogens with zero attached hydrogens (tertiary/aromatic N) is 3. The van der Waals surface area contributed by atoms with Gasteiger partial charge in [-0.2, -0.15) is 5.10 Å². The first-order valence-corrected chi connectivity index (χ1v) is 7.20. The summed E-state index contributed by atoms with van der Waals surface area (Å²) in [4.78, 5) is 2.19. The zero-order chi connectivity index (χ0) is 15.4. The Balaban J connectivity index is 2.18. The summed E-state index contributed by atoms with van der Waals surface area (Å²) in [5.41, 5.74) is 8.47. The van der Waals surface area contributed by atoms with E-state index in [9.17, 15) is 4.39 Å². The molecule has 0 aliphatic carbocycles. The standard InChI is InChI=1S/C16H23FN4/c1-4-15(18)16(13-9-19-21(3)11-13)20(2)10-12-5-7-14(17)8-6-12/h5-9,11,15-16H,4,10,18H2,1-3H3. The van der Waals surface area contributed by atoms with Crippen molar-refractivity contribution in [2.24, 2.45) is 12.8 Å². The van der Waals surface area contributed by atoms with Gasteiger partial charge in [0.05, 0.1) is 12.2 Å². The number of hydrogen-bond donors (Lipinski definition) is 1. The van der Waals surface area contributed by atoms with Gasteiger partial charge in [-0.1, -0.05) is 19.1 Å². The molecule has 0 saturated heterocycles. The molecule has 1 aromatic heterocycles. The first kappa shape index (κ1) is 15.7. The predicted molar refractivity (Wildman–Crippen MR) is 82.1 cm³/mol. The maximum atomic E-state index is 13.0. The van der Waals surface area contributed by atoms with Gasteiger partial charge in [0.1, 0.15) is 5.82 Å². The maximum absolute atomic E-state index is 13.0. The second kappa shape index (κ2) is 6.83. The molecule has 2 atom stereocenters. The van der Waals surface area contributed by atoms with Crippen molar-refractivity contribution in [3.63, 3.8) is 0 Å². The van der Waals surface area contributed by atoms with Crippen LogP contribution in [-0.4, -0.2) is 27.8 Å². The van der Waals surface area contributed by atoms with E-state index in [0.717, 1.165) is 17.5 Å². The van der Waals surface area contributed by atoms with Crippen molar-refractivity contribution in [3.8, 4) is 0 Å². The van der Waals surface area contributed by atoms with Gasteiger partial charge in [-0.15, -0.1) is 0 Å². The molecule has 2 aromatic rings. The second-order valence-corrected chi connectivity index (χ2v) is 5.51. The molecule has 5 heteroatoms. The lowest BCUT2D eigenvalue weighted by Gasteiger charge is -2.31. The Morgan fingerprint density at radius 1 is 1.33 bits per heavy atom. The van der Waals surface area contributed by atoms with E-state index in [1.165, 1.54) is 12.1 Å². The largest absolute Gasteiger partial charge is 0.326 e. The highest BCUT2D eigenvalue weighted by atomic mass is 19.1. The van der Waals surface area contributed by atoms with Crippen molar-refractivity contribution >= 4 is 0 Å². The fourth-order valence-corrected chi connectivity index (χ4v) is 2.62. The number of aryl methyl sites for hydroxylation is 1. The Bertz CT molecular complexity index is 564. The van der Waals surface area contributed by atoms with E-state index in [1.54, 1.807) is 4.68 Å². The molecule has 1 aromatic carbocycles. The first-order valence-electron chi connectivity index (χ1n) is 7.20. The van der Waals surface area contributed by atoms with Crippen LogP contribution in [0.25, 0.3) is 0 Å². The highest BCUT2D eigenvalue weighted by molar-refractivity contribution is 5.18. The van der Waals surface area contributed by atoms with Crippen molar-refractivity contribution < 1.29 is 4.39 Å². The van der Waals surface area contributed by atoms with Crippen LogP contribution in [0, 0.1) is 5.82 Å². The highest BCUT2D eigenvalue weighted by Gasteiger charge is 2.24. The molecule has 1 heterocycles. The van der Waals surface area contributed by atoms with Crippen LogP contribution in [0.15, 0.2) is 36.7 Å². The smallest absolute Gasteiger partial charge is 0.123 e. The molecule has 4 nitrogen and oxygen atoms in total. The fraction of sp³-hybridized carbons (Fsp3) is 0.438. The van der Waals surface area contributed by atoms with E-state index >= 15 is 0 Å². The third-order valence-electron chi connectivity index (χ3n) is 3.76. The van der Waals surface area contributed by atoms with Gasteiger partial charge in [0.15, 0.2) is 0 Å². The van der Waals surface area contributed by atoms with Gasteiger partial charge in [0, 0.05) is 31.4 Å². The summed E-state index contributed by atoms with van der Waals surface area (Å²) in [6.45, 7) is 2.80. The van der Waals surface area contributed by atoms with Gasteiger partial charge in [0.2, 0.25) is 0 Å². The summed E-state index contributed by atoms with van der Waals surface area (Å²) in [7, 11) is 3.94. The molecule has 21 heavy (non-hydrogen) atoms. The number of benzene rings is 1. The van der Waals surface area contributed by atoms with Crippen LogP contribution in [0.2, 0.25) is 0 Å². The highest BCUT2D eigenvalue weighted by Crippen LogP contribution is 2.25. The van der Waals surface area contributed by atoms with Gasteiger partial charge in [0.25, 0.3) is 0 Å². The molecule has 0 bridgehead atoms. The van der Waals surface area contributed by atoms with Crippen LogP contribution in [-0.2, 0) is 13.6 Å². The molecule has 0 spiro atoms. The Morgan fingerprint density at radius 2 is 2.00 bits per heavy atom. The lowest BCUT2D eigenvalue weighted by molar-refractivity contribution is 0.201. The van der Waals surface area contributed by atoms with E-state index in [1.807, 2.05) is 38.6 Å². The van der Waals surface area contributed by atoms with Gasteiger partial charge in [-0.05, 0) is 31.2 Å². The summed E-state index contributed by atoms with van der Waals surface area (Å²) in [5.74, 6) is -0.213. The van der Waals surface area contributed by atoms with Gasteiger partial charge >= 0.3 is 0 Å². The molecule has 114 valence electrons. The van der Waals surface area contributed by atoms with E-state index in [2.05, 4.69) is 16.9 Å². The third kappa shape index (κ3) is 3.89. The third-order valence-corrected chi connectivity index (χ3v) is 3.76. The van der Waals surface area contributed by atoms with E-state index in [0.29, 0.717) is 6.54 Å². The van der Waals surface area contributed by atoms with Crippen LogP contribution in [0.5, 0.6) is 0 Å². The Kier molecular flexibility index (Phi) is 5.09. The summed E-state index contributed by atoms with van der Waals surface area (Å²) < 4.78 is 14.8. The van der Waals surface area contributed by atoms with Crippen molar-refractivity contribution in [1.29, 1.82) is 0 Å². The van der Waals surface area contributed by atoms with E-state index < -0.39 is 0 Å². The molecule has 0 radical (unpaired) electrons. The lowest BCUT2D eigenvalue weighted by Crippen LogP contribution is -2.38. The van der Waals surface area contributed by atoms with E-state index in [4.69, 9.17) is 5.73 Å². The Labute approximate surface area is 125 Å². The number of aromatic nitrogens is 2. The zero-order valence-corrected chi connectivity index (χ0v) is 12.8. The van der Waals surface area contributed by atoms with Gasteiger partial charge in [-0.25, -0.2) is 4.39 Å². The monoisotopic (exact) mass is 290 g/mol. The second-order valence-electron chi connectivity index (χ2n) is 5.51. The van der Waals surface area contributed by atoms with Crippen LogP contribution in [0.3, 0.4) is 0 Å². The van der Waals surface area contributed by atoms with Crippen molar-refractivity contribution in [2.45, 2.75) is 32.0 Å². The fourth-order valence-electron chi connectivity index (χ4n) is 2.62. The number of likely N-dealkylation sites (N-methyl/N-ethyl adjacent to an activating group) is 1. The molecule has 0 amide bonds. The minimum atomic E-state index is -0.213. The van der Waals surface area contributed by atoms with Crippen molar-refractivity contribution in [1.82, 2.24) is 14.7 Å². The molecule has 0 saturated carbocycles. The average Bonchev–Trinajstić information content (AvgIpc) is 2.87. The molecule has 0 aliphatic rings. The number of halogens is 1. The minimum absolute atomic E-state index is 0.0275. The molecule has 0 aliphatic heterocycles. The van der Waals surface area contributed by atoms with Crippen LogP contribution in [0.1, 0.15) is 30.5 Å². The zero-order valence-electron chi connectivity index (χ0n) is 12.8. The van der Waals surface area contributed by atoms with E-state index in [-0.39, 0.29) is 17.9 Å². The lowest BCUT2D eigenvalue weighted by atomic mass is 9.99. The quantitative estimate of drug-likeness (QED) is 0.889. The van der Waals surface area contributed by atoms with Crippen LogP contribution >= 0.6 is 0 Å². The summed E-state index contributed by atoms with van der Waals surface area (Å²) >= 11 is 0. The summed E-state index contributed by atoms with van der Waals surface area (Å²) in [6.07, 6.45) is 4.75. The predicted octanol–water partition coefficient (Wildman–Crippen LogP) is 2.47. The minimum Gasteiger partial charge on any atom is -0.326 e. The van der Waals surface area contributed by atoms with Crippen LogP contribution < -0.4 is 5.73 Å². The molecule has 0 fully saturated rings. The summed E-state index contributed by atoms with van der Waals surface area (Å²) in [6, 6.07) is 6.71. The molecule has 2 N–H and O–H groups in total. The number of hydrogen-bond acceptors (Lipinski definition) is 3. The topological polar surface area (TPSA) is 47.1 Å². The molecule has 2 rings (SSSR count). The average molecular weight is 290 g/mol. The number of nitrogens with two attached hydrogens (primary N) is 1. The first-order chi connectivity index (χ1) is 10.0. The summed E-state index contributed by atoms with van der Waals surface area (Å²) in [5, 5.41) is 4.24. The molecule has 2 unspecified atom stereocenters. The Hall–Kier alpha value is -1.72. The Morgan fingerprint density at radius 3 is 2.52 bits per heavy atom. The van der Waals surface area contributed by atoms with Crippen LogP contribution in [0.4, 0.5) is 4.39 Å². The van der Waals surface area contributed by atoms with Gasteiger partial charge < -0.3 is 5.73 Å². The van der Waals surface area contributed by atoms with Gasteiger partial charge in [-0.3, -0.25) is 9.58 Å². The SMILES string of the molecule is CCC(N)C(c1cnn(C)c1)N(C)Cc1ccc(F)cc1. The normalized spacial score (nSPS) is 14.4.